The molecule has 0 unspecified atom stereocenters. The van der Waals surface area contributed by atoms with E-state index in [9.17, 15) is 0 Å². The quantitative estimate of drug-likeness (QED) is 0.704. The zero-order valence-corrected chi connectivity index (χ0v) is 11.5. The van der Waals surface area contributed by atoms with Crippen molar-refractivity contribution in [3.05, 3.63) is 5.69 Å². The molecule has 0 saturated heterocycles. The average molecular weight is 258 g/mol. The van der Waals surface area contributed by atoms with E-state index in [0.29, 0.717) is 0 Å². The SMILES string of the molecule is CCCNc1snnc1CN(CC)CCCO. The summed E-state index contributed by atoms with van der Waals surface area (Å²) in [6, 6.07) is 0. The summed E-state index contributed by atoms with van der Waals surface area (Å²) in [5.41, 5.74) is 1.02. The lowest BCUT2D eigenvalue weighted by Crippen LogP contribution is -2.25. The van der Waals surface area contributed by atoms with Gasteiger partial charge in [-0.15, -0.1) is 5.10 Å². The van der Waals surface area contributed by atoms with Crippen LogP contribution in [-0.4, -0.2) is 45.8 Å². The fraction of sp³-hybridized carbons (Fsp3) is 0.818. The maximum absolute atomic E-state index is 8.84. The maximum atomic E-state index is 8.84. The minimum atomic E-state index is 0.243. The van der Waals surface area contributed by atoms with Gasteiger partial charge in [0.15, 0.2) is 0 Å². The highest BCUT2D eigenvalue weighted by Crippen LogP contribution is 2.19. The molecular formula is C11H22N4OS. The fourth-order valence-corrected chi connectivity index (χ4v) is 2.14. The van der Waals surface area contributed by atoms with Gasteiger partial charge in [0.2, 0.25) is 0 Å². The number of nitrogens with zero attached hydrogens (tertiary/aromatic N) is 3. The summed E-state index contributed by atoms with van der Waals surface area (Å²) in [6.07, 6.45) is 1.91. The highest BCUT2D eigenvalue weighted by molar-refractivity contribution is 7.10. The van der Waals surface area contributed by atoms with Crippen LogP contribution in [0.1, 0.15) is 32.4 Å². The molecule has 0 fully saturated rings. The standard InChI is InChI=1S/C11H22N4OS/c1-3-6-12-11-10(13-14-17-11)9-15(4-2)7-5-8-16/h12,16H,3-9H2,1-2H3. The van der Waals surface area contributed by atoms with Gasteiger partial charge in [-0.25, -0.2) is 0 Å². The first-order valence-electron chi connectivity index (χ1n) is 6.20. The molecule has 98 valence electrons. The Morgan fingerprint density at radius 3 is 2.88 bits per heavy atom. The van der Waals surface area contributed by atoms with Crippen molar-refractivity contribution in [2.75, 3.05) is 31.6 Å². The summed E-state index contributed by atoms with van der Waals surface area (Å²) in [5, 5.41) is 17.4. The predicted octanol–water partition coefficient (Wildman–Crippen LogP) is 1.56. The molecule has 1 aromatic heterocycles. The normalized spacial score (nSPS) is 11.1. The van der Waals surface area contributed by atoms with Crippen LogP contribution in [0.15, 0.2) is 0 Å². The molecule has 6 heteroatoms. The molecule has 0 bridgehead atoms. The summed E-state index contributed by atoms with van der Waals surface area (Å²) in [5.74, 6) is 0. The molecule has 5 nitrogen and oxygen atoms in total. The lowest BCUT2D eigenvalue weighted by Gasteiger charge is -2.18. The first-order valence-corrected chi connectivity index (χ1v) is 6.97. The van der Waals surface area contributed by atoms with Gasteiger partial charge in [0.05, 0.1) is 0 Å². The summed E-state index contributed by atoms with van der Waals surface area (Å²) >= 11 is 1.42. The predicted molar refractivity (Wildman–Crippen MR) is 71.3 cm³/mol. The van der Waals surface area contributed by atoms with E-state index < -0.39 is 0 Å². The summed E-state index contributed by atoms with van der Waals surface area (Å²) in [4.78, 5) is 2.27. The van der Waals surface area contributed by atoms with Gasteiger partial charge in [-0.2, -0.15) is 0 Å². The highest BCUT2D eigenvalue weighted by Gasteiger charge is 2.11. The summed E-state index contributed by atoms with van der Waals surface area (Å²) in [6.45, 7) is 8.13. The zero-order valence-electron chi connectivity index (χ0n) is 10.6. The molecule has 1 heterocycles. The van der Waals surface area contributed by atoms with Crippen LogP contribution in [0.4, 0.5) is 5.00 Å². The molecule has 0 aliphatic heterocycles. The second-order valence-corrected chi connectivity index (χ2v) is 4.68. The Hall–Kier alpha value is -0.720. The van der Waals surface area contributed by atoms with Gasteiger partial charge in [-0.3, -0.25) is 4.90 Å². The van der Waals surface area contributed by atoms with Crippen molar-refractivity contribution in [3.63, 3.8) is 0 Å². The van der Waals surface area contributed by atoms with E-state index in [4.69, 9.17) is 5.11 Å². The van der Waals surface area contributed by atoms with Crippen LogP contribution in [0.2, 0.25) is 0 Å². The van der Waals surface area contributed by atoms with Gasteiger partial charge in [0.1, 0.15) is 10.7 Å². The van der Waals surface area contributed by atoms with Crippen molar-refractivity contribution in [2.45, 2.75) is 33.2 Å². The molecule has 1 aromatic rings. The van der Waals surface area contributed by atoms with Crippen LogP contribution in [0, 0.1) is 0 Å². The smallest absolute Gasteiger partial charge is 0.134 e. The van der Waals surface area contributed by atoms with Crippen LogP contribution in [0.5, 0.6) is 0 Å². The van der Waals surface area contributed by atoms with Crippen LogP contribution >= 0.6 is 11.5 Å². The van der Waals surface area contributed by atoms with Gasteiger partial charge in [0.25, 0.3) is 0 Å². The van der Waals surface area contributed by atoms with Crippen LogP contribution < -0.4 is 5.32 Å². The molecule has 0 atom stereocenters. The van der Waals surface area contributed by atoms with E-state index in [-0.39, 0.29) is 6.61 Å². The Bertz CT molecular complexity index is 305. The van der Waals surface area contributed by atoms with Crippen molar-refractivity contribution >= 4 is 16.5 Å². The van der Waals surface area contributed by atoms with E-state index in [1.54, 1.807) is 0 Å². The molecule has 0 spiro atoms. The molecule has 17 heavy (non-hydrogen) atoms. The number of rotatable bonds is 9. The Morgan fingerprint density at radius 1 is 1.41 bits per heavy atom. The lowest BCUT2D eigenvalue weighted by molar-refractivity contribution is 0.224. The third kappa shape index (κ3) is 4.97. The Morgan fingerprint density at radius 2 is 2.24 bits per heavy atom. The van der Waals surface area contributed by atoms with Crippen molar-refractivity contribution in [2.24, 2.45) is 0 Å². The number of hydrogen-bond donors (Lipinski definition) is 2. The molecule has 0 aromatic carbocycles. The molecule has 1 rings (SSSR count). The molecule has 0 saturated carbocycles. The van der Waals surface area contributed by atoms with E-state index >= 15 is 0 Å². The number of aromatic nitrogens is 2. The van der Waals surface area contributed by atoms with Crippen molar-refractivity contribution < 1.29 is 5.11 Å². The van der Waals surface area contributed by atoms with E-state index in [2.05, 4.69) is 33.7 Å². The lowest BCUT2D eigenvalue weighted by atomic mass is 10.3. The molecule has 0 amide bonds. The Labute approximate surface area is 107 Å². The molecule has 0 aliphatic carbocycles. The van der Waals surface area contributed by atoms with E-state index in [0.717, 1.165) is 49.7 Å². The van der Waals surface area contributed by atoms with Crippen molar-refractivity contribution in [1.29, 1.82) is 0 Å². The van der Waals surface area contributed by atoms with Crippen LogP contribution in [0.25, 0.3) is 0 Å². The largest absolute Gasteiger partial charge is 0.396 e. The molecule has 0 aliphatic rings. The van der Waals surface area contributed by atoms with Crippen molar-refractivity contribution in [1.82, 2.24) is 14.5 Å². The second kappa shape index (κ2) is 8.38. The fourth-order valence-electron chi connectivity index (χ4n) is 1.54. The molecule has 2 N–H and O–H groups in total. The van der Waals surface area contributed by atoms with Crippen LogP contribution in [0.3, 0.4) is 0 Å². The van der Waals surface area contributed by atoms with Gasteiger partial charge < -0.3 is 10.4 Å². The van der Waals surface area contributed by atoms with Crippen LogP contribution in [-0.2, 0) is 6.54 Å². The minimum absolute atomic E-state index is 0.243. The first-order chi connectivity index (χ1) is 8.31. The topological polar surface area (TPSA) is 61.3 Å². The first kappa shape index (κ1) is 14.3. The Kier molecular flexibility index (Phi) is 7.07. The average Bonchev–Trinajstić information content (AvgIpc) is 2.79. The van der Waals surface area contributed by atoms with E-state index in [1.165, 1.54) is 11.5 Å². The van der Waals surface area contributed by atoms with Gasteiger partial charge >= 0.3 is 0 Å². The third-order valence-corrected chi connectivity index (χ3v) is 3.27. The van der Waals surface area contributed by atoms with Crippen molar-refractivity contribution in [3.8, 4) is 0 Å². The van der Waals surface area contributed by atoms with E-state index in [1.807, 2.05) is 0 Å². The zero-order chi connectivity index (χ0) is 12.5. The monoisotopic (exact) mass is 258 g/mol. The van der Waals surface area contributed by atoms with Gasteiger partial charge in [-0.05, 0) is 19.4 Å². The minimum Gasteiger partial charge on any atom is -0.396 e. The summed E-state index contributed by atoms with van der Waals surface area (Å²) in [7, 11) is 0. The number of nitrogens with one attached hydrogen (secondary N) is 1. The van der Waals surface area contributed by atoms with Gasteiger partial charge in [0, 0.05) is 37.8 Å². The second-order valence-electron chi connectivity index (χ2n) is 3.92. The number of aliphatic hydroxyl groups is 1. The summed E-state index contributed by atoms with van der Waals surface area (Å²) < 4.78 is 4.00. The van der Waals surface area contributed by atoms with Gasteiger partial charge in [-0.1, -0.05) is 18.3 Å². The molecular weight excluding hydrogens is 236 g/mol. The number of anilines is 1. The third-order valence-electron chi connectivity index (χ3n) is 2.54. The maximum Gasteiger partial charge on any atom is 0.134 e. The molecule has 0 radical (unpaired) electrons. The Balaban J connectivity index is 2.50. The number of hydrogen-bond acceptors (Lipinski definition) is 6. The number of aliphatic hydroxyl groups excluding tert-OH is 1. The highest BCUT2D eigenvalue weighted by atomic mass is 32.1.